The predicted molar refractivity (Wildman–Crippen MR) is 334 cm³/mol. The summed E-state index contributed by atoms with van der Waals surface area (Å²) in [5.74, 6) is 0. The molecule has 5 heterocycles. The number of para-hydroxylation sites is 1. The van der Waals surface area contributed by atoms with Crippen molar-refractivity contribution in [3.8, 4) is 33.4 Å². The molecule has 0 amide bonds. The molecule has 0 bridgehead atoms. The van der Waals surface area contributed by atoms with Crippen molar-refractivity contribution in [3.05, 3.63) is 167 Å². The summed E-state index contributed by atoms with van der Waals surface area (Å²) in [5.41, 5.74) is 23.5. The van der Waals surface area contributed by atoms with Gasteiger partial charge in [-0.1, -0.05) is 203 Å². The Morgan fingerprint density at radius 2 is 0.610 bits per heavy atom. The normalized spacial score (nSPS) is 13.8. The highest BCUT2D eigenvalue weighted by molar-refractivity contribution is 6.32. The Hall–Kier alpha value is -7.10. The lowest BCUT2D eigenvalue weighted by Gasteiger charge is -2.26. The second kappa shape index (κ2) is 15.8. The summed E-state index contributed by atoms with van der Waals surface area (Å²) in [4.78, 5) is 0. The Kier molecular flexibility index (Phi) is 10.1. The van der Waals surface area contributed by atoms with E-state index < -0.39 is 0 Å². The highest BCUT2D eigenvalue weighted by atomic mass is 16.3. The van der Waals surface area contributed by atoms with Crippen molar-refractivity contribution in [2.45, 2.75) is 157 Å². The molecule has 0 aliphatic carbocycles. The van der Waals surface area contributed by atoms with Crippen molar-refractivity contribution in [1.82, 2.24) is 8.80 Å². The molecule has 3 nitrogen and oxygen atoms in total. The van der Waals surface area contributed by atoms with Gasteiger partial charge in [0.15, 0.2) is 0 Å². The van der Waals surface area contributed by atoms with Gasteiger partial charge in [0.2, 0.25) is 5.71 Å². The van der Waals surface area contributed by atoms with Gasteiger partial charge in [-0.3, -0.25) is 4.40 Å². The maximum Gasteiger partial charge on any atom is 0.213 e. The van der Waals surface area contributed by atoms with Crippen LogP contribution in [0.4, 0.5) is 0 Å². The number of furan rings is 1. The quantitative estimate of drug-likeness (QED) is 0.173. The van der Waals surface area contributed by atoms with Gasteiger partial charge >= 0.3 is 0 Å². The molecule has 0 radical (unpaired) electrons. The maximum atomic E-state index is 7.02. The molecule has 388 valence electrons. The largest absolute Gasteiger partial charge is 0.439 e. The number of hydrogen-bond donors (Lipinski definition) is 0. The van der Waals surface area contributed by atoms with Crippen LogP contribution in [0.2, 0.25) is 0 Å². The number of benzene rings is 8. The van der Waals surface area contributed by atoms with E-state index in [9.17, 15) is 0 Å². The second-order valence-electron chi connectivity index (χ2n) is 29.3. The molecule has 13 aromatic rings. The lowest BCUT2D eigenvalue weighted by Crippen LogP contribution is -2.16. The Morgan fingerprint density at radius 3 is 1.04 bits per heavy atom. The first-order valence-electron chi connectivity index (χ1n) is 28.2. The molecule has 8 aromatic carbocycles. The zero-order valence-corrected chi connectivity index (χ0v) is 49.0. The van der Waals surface area contributed by atoms with Crippen LogP contribution in [-0.2, 0) is 32.5 Å². The van der Waals surface area contributed by atoms with Crippen molar-refractivity contribution >= 4 is 87.4 Å². The van der Waals surface area contributed by atoms with E-state index in [4.69, 9.17) is 4.42 Å². The molecule has 0 unspecified atom stereocenters. The van der Waals surface area contributed by atoms with E-state index in [1.807, 2.05) is 0 Å². The van der Waals surface area contributed by atoms with Gasteiger partial charge in [0.05, 0.1) is 33.0 Å². The van der Waals surface area contributed by atoms with Crippen molar-refractivity contribution in [1.29, 1.82) is 0 Å². The molecule has 0 spiro atoms. The van der Waals surface area contributed by atoms with Crippen LogP contribution in [0.1, 0.15) is 158 Å². The molecule has 5 aromatic heterocycles. The fraction of sp³-hybridized carbons (Fsp3) is 0.324. The van der Waals surface area contributed by atoms with E-state index >= 15 is 0 Å². The van der Waals surface area contributed by atoms with Crippen LogP contribution in [0.25, 0.3) is 121 Å². The molecule has 0 saturated carbocycles. The summed E-state index contributed by atoms with van der Waals surface area (Å²) >= 11 is 0. The Balaban J connectivity index is 1.17. The first-order valence-corrected chi connectivity index (χ1v) is 28.2. The van der Waals surface area contributed by atoms with Crippen molar-refractivity contribution in [2.75, 3.05) is 0 Å². The van der Waals surface area contributed by atoms with E-state index in [1.165, 1.54) is 137 Å². The zero-order chi connectivity index (χ0) is 54.6. The number of rotatable bonds is 3. The van der Waals surface area contributed by atoms with Gasteiger partial charge in [0, 0.05) is 43.1 Å². The maximum absolute atomic E-state index is 7.02. The van der Waals surface area contributed by atoms with Crippen LogP contribution in [0.5, 0.6) is 0 Å². The number of fused-ring (bicyclic) bond motifs is 14. The first-order chi connectivity index (χ1) is 35.9. The highest BCUT2D eigenvalue weighted by Gasteiger charge is 2.30. The van der Waals surface area contributed by atoms with Crippen molar-refractivity contribution in [3.63, 3.8) is 0 Å². The zero-order valence-electron chi connectivity index (χ0n) is 49.0. The van der Waals surface area contributed by atoms with Gasteiger partial charge in [-0.2, -0.15) is 0 Å². The minimum atomic E-state index is -0.0221. The molecule has 0 N–H and O–H groups in total. The van der Waals surface area contributed by atoms with E-state index in [2.05, 4.69) is 267 Å². The average Bonchev–Trinajstić information content (AvgIpc) is 4.14. The van der Waals surface area contributed by atoms with E-state index in [0.29, 0.717) is 0 Å². The van der Waals surface area contributed by atoms with Gasteiger partial charge in [0.1, 0.15) is 5.58 Å². The Labute approximate surface area is 455 Å². The topological polar surface area (TPSA) is 22.0 Å². The third kappa shape index (κ3) is 7.64. The Morgan fingerprint density at radius 1 is 0.273 bits per heavy atom. The summed E-state index contributed by atoms with van der Waals surface area (Å²) in [6.45, 7) is 42.1. The van der Waals surface area contributed by atoms with E-state index in [-0.39, 0.29) is 32.5 Å². The molecular weight excluding hydrogens is 933 g/mol. The minimum absolute atomic E-state index is 0.00620. The van der Waals surface area contributed by atoms with E-state index in [1.54, 1.807) is 0 Å². The van der Waals surface area contributed by atoms with Crippen LogP contribution >= 0.6 is 0 Å². The third-order valence-corrected chi connectivity index (χ3v) is 17.4. The fourth-order valence-corrected chi connectivity index (χ4v) is 12.5. The Bertz CT molecular complexity index is 4500. The molecule has 77 heavy (non-hydrogen) atoms. The lowest BCUT2D eigenvalue weighted by molar-refractivity contribution is 0.568. The fourth-order valence-electron chi connectivity index (χ4n) is 12.5. The average molecular weight is 1010 g/mol. The van der Waals surface area contributed by atoms with Gasteiger partial charge in [-0.15, -0.1) is 0 Å². The molecular formula is C74H76N2O. The van der Waals surface area contributed by atoms with Crippen molar-refractivity contribution in [2.24, 2.45) is 0 Å². The molecule has 3 heteroatoms. The van der Waals surface area contributed by atoms with Crippen LogP contribution in [0.15, 0.2) is 138 Å². The minimum Gasteiger partial charge on any atom is -0.439 e. The second-order valence-corrected chi connectivity index (χ2v) is 29.3. The standard InChI is InChI=1S/C74H76N2O/c1-69(2,3)47-25-42(26-48(36-47)70(4,5)6)41-23-24-61-54(31-41)57-32-45(43-27-49(71(7,8)9)37-50(28-43)72(10,11)12)33-58-55-40-63-56(39-62(55)75(61)66(57)58)59-34-46(44-29-51(73(13,14)15)38-52(30-44)74(16,17)18)35-60-65-53-21-19-20-22-64(53)77-68(65)76(63)67(59)60/h19-40H,1-18H3. The smallest absolute Gasteiger partial charge is 0.213 e. The number of aromatic nitrogens is 2. The summed E-state index contributed by atoms with van der Waals surface area (Å²) in [7, 11) is 0. The molecule has 0 atom stereocenters. The monoisotopic (exact) mass is 1010 g/mol. The summed E-state index contributed by atoms with van der Waals surface area (Å²) in [5, 5.41) is 11.1. The number of hydrogen-bond acceptors (Lipinski definition) is 1. The molecule has 0 aliphatic heterocycles. The lowest BCUT2D eigenvalue weighted by atomic mass is 9.78. The van der Waals surface area contributed by atoms with Gasteiger partial charge in [-0.25, -0.2) is 0 Å². The number of nitrogens with zero attached hydrogens (tertiary/aromatic N) is 2. The van der Waals surface area contributed by atoms with Crippen LogP contribution in [-0.4, -0.2) is 8.80 Å². The summed E-state index contributed by atoms with van der Waals surface area (Å²) in [6.07, 6.45) is 0. The third-order valence-electron chi connectivity index (χ3n) is 17.4. The molecule has 0 fully saturated rings. The van der Waals surface area contributed by atoms with E-state index in [0.717, 1.165) is 16.7 Å². The highest BCUT2D eigenvalue weighted by Crippen LogP contribution is 2.50. The molecule has 0 saturated heterocycles. The van der Waals surface area contributed by atoms with Gasteiger partial charge in [0.25, 0.3) is 0 Å². The van der Waals surface area contributed by atoms with Crippen LogP contribution in [0, 0.1) is 0 Å². The van der Waals surface area contributed by atoms with Crippen LogP contribution < -0.4 is 0 Å². The summed E-state index contributed by atoms with van der Waals surface area (Å²) < 4.78 is 12.1. The SMILES string of the molecule is CC(C)(C)c1cc(-c2ccc3c(c2)c2cc(-c4cc(C(C)(C)C)cc(C(C)(C)C)c4)cc4c5cc6c(cc5n3c24)c2cc(-c3cc(C(C)(C)C)cc(C(C)(C)C)c3)cc3c4c5ccccc5oc4n6c23)cc(C(C)(C)C)c1. The van der Waals surface area contributed by atoms with Crippen molar-refractivity contribution < 1.29 is 4.42 Å². The van der Waals surface area contributed by atoms with Gasteiger partial charge < -0.3 is 8.82 Å². The predicted octanol–water partition coefficient (Wildman–Crippen LogP) is 21.5. The summed E-state index contributed by atoms with van der Waals surface area (Å²) in [6, 6.07) is 52.8. The molecule has 0 aliphatic rings. The van der Waals surface area contributed by atoms with Crippen LogP contribution in [0.3, 0.4) is 0 Å². The molecule has 13 rings (SSSR count). The van der Waals surface area contributed by atoms with Gasteiger partial charge in [-0.05, 0) is 154 Å². The first kappa shape index (κ1) is 49.5.